The van der Waals surface area contributed by atoms with Crippen molar-refractivity contribution in [2.24, 2.45) is 5.92 Å². The van der Waals surface area contributed by atoms with Crippen molar-refractivity contribution < 1.29 is 4.74 Å². The molecular formula is C14H25NO. The molecular weight excluding hydrogens is 198 g/mol. The van der Waals surface area contributed by atoms with Crippen LogP contribution in [0.3, 0.4) is 0 Å². The highest BCUT2D eigenvalue weighted by Gasteiger charge is 2.54. The largest absolute Gasteiger partial charge is 0.377 e. The van der Waals surface area contributed by atoms with Crippen LogP contribution in [0.15, 0.2) is 0 Å². The molecule has 16 heavy (non-hydrogen) atoms. The molecule has 0 radical (unpaired) electrons. The Morgan fingerprint density at radius 2 is 2.25 bits per heavy atom. The summed E-state index contributed by atoms with van der Waals surface area (Å²) in [5.41, 5.74) is 0.522. The molecule has 3 aliphatic heterocycles. The van der Waals surface area contributed by atoms with Crippen molar-refractivity contribution in [3.63, 3.8) is 0 Å². The molecule has 3 atom stereocenters. The number of ether oxygens (including phenoxy) is 1. The molecule has 0 bridgehead atoms. The summed E-state index contributed by atoms with van der Waals surface area (Å²) in [7, 11) is 0. The van der Waals surface area contributed by atoms with Gasteiger partial charge in [-0.2, -0.15) is 0 Å². The predicted octanol–water partition coefficient (Wildman–Crippen LogP) is 2.82. The van der Waals surface area contributed by atoms with E-state index in [2.05, 4.69) is 18.7 Å². The fraction of sp³-hybridized carbons (Fsp3) is 1.00. The van der Waals surface area contributed by atoms with Crippen LogP contribution < -0.4 is 0 Å². The van der Waals surface area contributed by atoms with Crippen molar-refractivity contribution >= 4 is 0 Å². The molecule has 0 aromatic rings. The lowest BCUT2D eigenvalue weighted by Crippen LogP contribution is -2.45. The second-order valence-corrected chi connectivity index (χ2v) is 6.44. The van der Waals surface area contributed by atoms with Gasteiger partial charge in [-0.3, -0.25) is 4.90 Å². The monoisotopic (exact) mass is 223 g/mol. The molecule has 0 N–H and O–H groups in total. The topological polar surface area (TPSA) is 12.5 Å². The van der Waals surface area contributed by atoms with Gasteiger partial charge in [0.25, 0.3) is 0 Å². The number of hydrogen-bond donors (Lipinski definition) is 0. The molecule has 0 aromatic carbocycles. The van der Waals surface area contributed by atoms with E-state index >= 15 is 0 Å². The smallest absolute Gasteiger partial charge is 0.0748 e. The van der Waals surface area contributed by atoms with Crippen molar-refractivity contribution in [1.29, 1.82) is 0 Å². The third-order valence-corrected chi connectivity index (χ3v) is 4.83. The second-order valence-electron chi connectivity index (χ2n) is 6.44. The minimum atomic E-state index is 0.522. The van der Waals surface area contributed by atoms with E-state index in [0.717, 1.165) is 18.6 Å². The van der Waals surface area contributed by atoms with Crippen LogP contribution in [-0.2, 0) is 4.74 Å². The Hall–Kier alpha value is -0.0800. The Balaban J connectivity index is 1.81. The van der Waals surface area contributed by atoms with Crippen LogP contribution in [0.5, 0.6) is 0 Å². The summed E-state index contributed by atoms with van der Waals surface area (Å²) in [5.74, 6) is 0.820. The van der Waals surface area contributed by atoms with Gasteiger partial charge in [0.05, 0.1) is 6.10 Å². The van der Waals surface area contributed by atoms with Gasteiger partial charge in [-0.05, 0) is 51.0 Å². The van der Waals surface area contributed by atoms with Crippen molar-refractivity contribution in [2.45, 2.75) is 70.1 Å². The van der Waals surface area contributed by atoms with E-state index in [-0.39, 0.29) is 0 Å². The molecule has 3 unspecified atom stereocenters. The zero-order chi connectivity index (χ0) is 11.2. The highest BCUT2D eigenvalue weighted by Crippen LogP contribution is 2.49. The molecule has 3 saturated heterocycles. The maximum atomic E-state index is 6.00. The van der Waals surface area contributed by atoms with E-state index in [9.17, 15) is 0 Å². The Labute approximate surface area is 99.3 Å². The van der Waals surface area contributed by atoms with Gasteiger partial charge in [0.1, 0.15) is 0 Å². The lowest BCUT2D eigenvalue weighted by molar-refractivity contribution is -0.0113. The first-order valence-electron chi connectivity index (χ1n) is 7.10. The average molecular weight is 223 g/mol. The van der Waals surface area contributed by atoms with Crippen molar-refractivity contribution in [2.75, 3.05) is 13.2 Å². The minimum Gasteiger partial charge on any atom is -0.377 e. The summed E-state index contributed by atoms with van der Waals surface area (Å²) in [4.78, 5) is 2.83. The van der Waals surface area contributed by atoms with Crippen molar-refractivity contribution in [3.05, 3.63) is 0 Å². The fourth-order valence-electron chi connectivity index (χ4n) is 4.51. The Morgan fingerprint density at radius 1 is 1.38 bits per heavy atom. The van der Waals surface area contributed by atoms with E-state index in [1.54, 1.807) is 0 Å². The van der Waals surface area contributed by atoms with E-state index in [1.807, 2.05) is 0 Å². The van der Waals surface area contributed by atoms with Crippen LogP contribution in [0.25, 0.3) is 0 Å². The van der Waals surface area contributed by atoms with Crippen LogP contribution in [0.2, 0.25) is 0 Å². The SMILES string of the molecule is CC(C)CC12CCCN1C1CCCOC1C2. The highest BCUT2D eigenvalue weighted by atomic mass is 16.5. The first kappa shape index (κ1) is 11.0. The maximum Gasteiger partial charge on any atom is 0.0748 e. The molecule has 3 aliphatic rings. The number of fused-ring (bicyclic) bond motifs is 3. The highest BCUT2D eigenvalue weighted by molar-refractivity contribution is 5.09. The molecule has 3 heterocycles. The zero-order valence-corrected chi connectivity index (χ0v) is 10.7. The van der Waals surface area contributed by atoms with Gasteiger partial charge in [-0.15, -0.1) is 0 Å². The normalized spacial score (nSPS) is 43.7. The summed E-state index contributed by atoms with van der Waals surface area (Å²) in [6.07, 6.45) is 8.74. The quantitative estimate of drug-likeness (QED) is 0.714. The zero-order valence-electron chi connectivity index (χ0n) is 10.7. The van der Waals surface area contributed by atoms with Gasteiger partial charge in [0, 0.05) is 18.2 Å². The molecule has 3 fully saturated rings. The van der Waals surface area contributed by atoms with Gasteiger partial charge in [0.2, 0.25) is 0 Å². The summed E-state index contributed by atoms with van der Waals surface area (Å²) in [6.45, 7) is 7.08. The predicted molar refractivity (Wildman–Crippen MR) is 65.5 cm³/mol. The first-order valence-corrected chi connectivity index (χ1v) is 7.10. The average Bonchev–Trinajstić information content (AvgIpc) is 2.71. The van der Waals surface area contributed by atoms with Gasteiger partial charge < -0.3 is 4.74 Å². The van der Waals surface area contributed by atoms with Crippen LogP contribution in [-0.4, -0.2) is 35.7 Å². The number of nitrogens with zero attached hydrogens (tertiary/aromatic N) is 1. The summed E-state index contributed by atoms with van der Waals surface area (Å²) >= 11 is 0. The molecule has 0 aromatic heterocycles. The molecule has 2 heteroatoms. The van der Waals surface area contributed by atoms with E-state index in [1.165, 1.54) is 45.1 Å². The lowest BCUT2D eigenvalue weighted by Gasteiger charge is -2.37. The maximum absolute atomic E-state index is 6.00. The minimum absolute atomic E-state index is 0.522. The second kappa shape index (κ2) is 3.99. The third-order valence-electron chi connectivity index (χ3n) is 4.83. The first-order chi connectivity index (χ1) is 7.71. The van der Waals surface area contributed by atoms with E-state index in [4.69, 9.17) is 4.74 Å². The fourth-order valence-corrected chi connectivity index (χ4v) is 4.51. The van der Waals surface area contributed by atoms with Crippen LogP contribution >= 0.6 is 0 Å². The molecule has 2 nitrogen and oxygen atoms in total. The Bertz CT molecular complexity index is 265. The van der Waals surface area contributed by atoms with Crippen molar-refractivity contribution in [1.82, 2.24) is 4.90 Å². The molecule has 0 saturated carbocycles. The van der Waals surface area contributed by atoms with E-state index < -0.39 is 0 Å². The number of rotatable bonds is 2. The summed E-state index contributed by atoms with van der Waals surface area (Å²) < 4.78 is 6.00. The van der Waals surface area contributed by atoms with E-state index in [0.29, 0.717) is 11.6 Å². The van der Waals surface area contributed by atoms with Gasteiger partial charge in [0.15, 0.2) is 0 Å². The Morgan fingerprint density at radius 3 is 3.06 bits per heavy atom. The molecule has 92 valence electrons. The molecule has 0 amide bonds. The lowest BCUT2D eigenvalue weighted by atomic mass is 9.84. The van der Waals surface area contributed by atoms with Crippen LogP contribution in [0.4, 0.5) is 0 Å². The molecule has 0 aliphatic carbocycles. The molecule has 3 rings (SSSR count). The third kappa shape index (κ3) is 1.62. The summed E-state index contributed by atoms with van der Waals surface area (Å²) in [5, 5.41) is 0. The van der Waals surface area contributed by atoms with Gasteiger partial charge in [-0.1, -0.05) is 13.8 Å². The standard InChI is InChI=1S/C14H25NO/c1-11(2)9-14-6-4-7-15(14)12-5-3-8-16-13(12)10-14/h11-13H,3-10H2,1-2H3. The molecule has 0 spiro atoms. The van der Waals surface area contributed by atoms with Crippen LogP contribution in [0, 0.1) is 5.92 Å². The van der Waals surface area contributed by atoms with Crippen LogP contribution in [0.1, 0.15) is 52.4 Å². The van der Waals surface area contributed by atoms with Gasteiger partial charge in [-0.25, -0.2) is 0 Å². The van der Waals surface area contributed by atoms with Crippen molar-refractivity contribution in [3.8, 4) is 0 Å². The Kier molecular flexibility index (Phi) is 2.75. The summed E-state index contributed by atoms with van der Waals surface area (Å²) in [6, 6.07) is 0.759. The number of hydrogen-bond acceptors (Lipinski definition) is 2. The van der Waals surface area contributed by atoms with Gasteiger partial charge >= 0.3 is 0 Å².